The maximum absolute atomic E-state index is 4.76. The molecule has 0 saturated heterocycles. The Kier molecular flexibility index (Phi) is 9.92. The normalized spacial score (nSPS) is 11.5. The molecule has 0 aliphatic heterocycles. The maximum atomic E-state index is 4.76. The number of thioether (sulfide) groups is 1. The van der Waals surface area contributed by atoms with E-state index in [9.17, 15) is 0 Å². The monoisotopic (exact) mass is 500 g/mol. The largest absolute Gasteiger partial charge is 0.365 e. The number of anilines is 1. The van der Waals surface area contributed by atoms with Crippen molar-refractivity contribution >= 4 is 38.7 Å². The predicted molar refractivity (Wildman–Crippen MR) is 135 cm³/mol. The zero-order valence-electron chi connectivity index (χ0n) is 17.8. The molecule has 31 heavy (non-hydrogen) atoms. The van der Waals surface area contributed by atoms with Crippen LogP contribution in [0.15, 0.2) is 70.7 Å². The summed E-state index contributed by atoms with van der Waals surface area (Å²) in [5.41, 5.74) is 2.44. The molecule has 2 heterocycles. The van der Waals surface area contributed by atoms with Crippen molar-refractivity contribution in [3.8, 4) is 0 Å². The Labute approximate surface area is 197 Å². The molecule has 0 amide bonds. The molecule has 0 fully saturated rings. The van der Waals surface area contributed by atoms with Crippen molar-refractivity contribution in [2.75, 3.05) is 30.8 Å². The van der Waals surface area contributed by atoms with E-state index >= 15 is 0 Å². The lowest BCUT2D eigenvalue weighted by molar-refractivity contribution is 0.722. The number of H-pyrrole nitrogens is 1. The average molecular weight is 501 g/mol. The highest BCUT2D eigenvalue weighted by atomic mass is 79.9. The second-order valence-electron chi connectivity index (χ2n) is 7.09. The molecule has 3 aromatic rings. The fourth-order valence-electron chi connectivity index (χ4n) is 3.16. The zero-order chi connectivity index (χ0) is 21.7. The molecule has 0 aliphatic carbocycles. The highest BCUT2D eigenvalue weighted by Gasteiger charge is 2.08. The molecule has 3 rings (SSSR count). The van der Waals surface area contributed by atoms with Gasteiger partial charge in [-0.05, 0) is 55.3 Å². The van der Waals surface area contributed by atoms with Gasteiger partial charge in [0, 0.05) is 48.7 Å². The van der Waals surface area contributed by atoms with Crippen molar-refractivity contribution in [1.82, 2.24) is 20.3 Å². The van der Waals surface area contributed by atoms with Gasteiger partial charge in [-0.3, -0.25) is 4.99 Å². The van der Waals surface area contributed by atoms with Gasteiger partial charge in [-0.15, -0.1) is 0 Å². The topological polar surface area (TPSA) is 69.2 Å². The smallest absolute Gasteiger partial charge is 0.156 e. The summed E-state index contributed by atoms with van der Waals surface area (Å²) in [7, 11) is 0. The van der Waals surface area contributed by atoms with Gasteiger partial charge in [-0.2, -0.15) is 0 Å². The number of imidazole rings is 1. The minimum absolute atomic E-state index is 0.785. The van der Waals surface area contributed by atoms with E-state index in [0.29, 0.717) is 0 Å². The third-order valence-corrected chi connectivity index (χ3v) is 5.94. The lowest BCUT2D eigenvalue weighted by atomic mass is 10.2. The third kappa shape index (κ3) is 8.38. The van der Waals surface area contributed by atoms with E-state index in [4.69, 9.17) is 4.99 Å². The molecule has 2 N–H and O–H groups in total. The van der Waals surface area contributed by atoms with Gasteiger partial charge in [0.1, 0.15) is 5.82 Å². The van der Waals surface area contributed by atoms with E-state index < -0.39 is 0 Å². The molecule has 0 unspecified atom stereocenters. The molecule has 0 saturated carbocycles. The van der Waals surface area contributed by atoms with E-state index in [-0.39, 0.29) is 0 Å². The quantitative estimate of drug-likeness (QED) is 0.222. The molecule has 6 nitrogen and oxygen atoms in total. The fraction of sp³-hybridized carbons (Fsp3) is 0.348. The lowest BCUT2D eigenvalue weighted by Gasteiger charge is -2.23. The van der Waals surface area contributed by atoms with Gasteiger partial charge in [-0.25, -0.2) is 9.97 Å². The first-order valence-corrected chi connectivity index (χ1v) is 12.5. The zero-order valence-corrected chi connectivity index (χ0v) is 20.2. The van der Waals surface area contributed by atoms with Gasteiger partial charge < -0.3 is 15.2 Å². The molecule has 164 valence electrons. The molecule has 0 atom stereocenters. The van der Waals surface area contributed by atoms with Crippen LogP contribution in [0.3, 0.4) is 0 Å². The highest BCUT2D eigenvalue weighted by molar-refractivity contribution is 9.10. The van der Waals surface area contributed by atoms with Crippen molar-refractivity contribution in [2.45, 2.75) is 25.8 Å². The SMILES string of the molecule is CSC(=NCCCN(Cc1ccc(Br)cc1)c1ccccn1)NCCCc1cnc[nH]1. The second-order valence-corrected chi connectivity index (χ2v) is 8.80. The van der Waals surface area contributed by atoms with Gasteiger partial charge in [0.25, 0.3) is 0 Å². The van der Waals surface area contributed by atoms with Gasteiger partial charge in [-0.1, -0.05) is 45.9 Å². The number of aromatic nitrogens is 3. The number of aliphatic imine (C=N–C) groups is 1. The summed E-state index contributed by atoms with van der Waals surface area (Å²) in [6.07, 6.45) is 10.5. The molecular weight excluding hydrogens is 472 g/mol. The van der Waals surface area contributed by atoms with Crippen molar-refractivity contribution in [1.29, 1.82) is 0 Å². The van der Waals surface area contributed by atoms with Crippen molar-refractivity contribution in [3.05, 3.63) is 76.9 Å². The number of hydrogen-bond acceptors (Lipinski definition) is 5. The standard InChI is InChI=1S/C23H29BrN6S/c1-31-23(27-13-4-6-21-16-25-18-29-21)28-14-5-15-30(22-7-2-3-12-26-22)17-19-8-10-20(24)11-9-19/h2-3,7-12,16,18H,4-6,13-15,17H2,1H3,(H,25,29)(H,27,28). The molecular formula is C23H29BrN6S. The summed E-state index contributed by atoms with van der Waals surface area (Å²) in [6.45, 7) is 3.42. The molecule has 8 heteroatoms. The fourth-order valence-corrected chi connectivity index (χ4v) is 3.89. The molecule has 0 radical (unpaired) electrons. The summed E-state index contributed by atoms with van der Waals surface area (Å²) in [4.78, 5) is 18.8. The Morgan fingerprint density at radius 3 is 2.77 bits per heavy atom. The van der Waals surface area contributed by atoms with E-state index in [1.54, 1.807) is 18.1 Å². The Morgan fingerprint density at radius 2 is 2.06 bits per heavy atom. The Balaban J connectivity index is 1.47. The molecule has 0 aliphatic rings. The van der Waals surface area contributed by atoms with Gasteiger partial charge >= 0.3 is 0 Å². The molecule has 1 aromatic carbocycles. The van der Waals surface area contributed by atoms with Crippen LogP contribution in [-0.4, -0.2) is 46.0 Å². The van der Waals surface area contributed by atoms with Gasteiger partial charge in [0.2, 0.25) is 0 Å². The van der Waals surface area contributed by atoms with E-state index in [1.165, 1.54) is 11.3 Å². The van der Waals surface area contributed by atoms with Crippen LogP contribution in [0.25, 0.3) is 0 Å². The van der Waals surface area contributed by atoms with E-state index in [2.05, 4.69) is 77.7 Å². The van der Waals surface area contributed by atoms with Crippen LogP contribution in [0.1, 0.15) is 24.1 Å². The first-order chi connectivity index (χ1) is 15.2. The number of aryl methyl sites for hydroxylation is 1. The number of nitrogens with one attached hydrogen (secondary N) is 2. The van der Waals surface area contributed by atoms with Crippen molar-refractivity contribution < 1.29 is 0 Å². The summed E-state index contributed by atoms with van der Waals surface area (Å²) < 4.78 is 1.09. The minimum atomic E-state index is 0.785. The van der Waals surface area contributed by atoms with Crippen LogP contribution in [-0.2, 0) is 13.0 Å². The number of aromatic amines is 1. The summed E-state index contributed by atoms with van der Waals surface area (Å²) >= 11 is 5.17. The Hall–Kier alpha value is -2.32. The number of benzene rings is 1. The molecule has 2 aromatic heterocycles. The minimum Gasteiger partial charge on any atom is -0.365 e. The van der Waals surface area contributed by atoms with Gasteiger partial charge in [0.15, 0.2) is 5.17 Å². The first-order valence-electron chi connectivity index (χ1n) is 10.4. The highest BCUT2D eigenvalue weighted by Crippen LogP contribution is 2.17. The molecule has 0 spiro atoms. The van der Waals surface area contributed by atoms with Crippen LogP contribution in [0.2, 0.25) is 0 Å². The summed E-state index contributed by atoms with van der Waals surface area (Å²) in [6, 6.07) is 14.5. The average Bonchev–Trinajstić information content (AvgIpc) is 3.32. The van der Waals surface area contributed by atoms with E-state index in [1.807, 2.05) is 24.5 Å². The first kappa shape index (κ1) is 23.3. The van der Waals surface area contributed by atoms with Crippen molar-refractivity contribution in [2.24, 2.45) is 4.99 Å². The number of halogens is 1. The van der Waals surface area contributed by atoms with Crippen LogP contribution in [0.4, 0.5) is 5.82 Å². The Bertz CT molecular complexity index is 900. The third-order valence-electron chi connectivity index (χ3n) is 4.75. The van der Waals surface area contributed by atoms with Crippen LogP contribution < -0.4 is 10.2 Å². The summed E-state index contributed by atoms with van der Waals surface area (Å²) in [5.74, 6) is 0.997. The summed E-state index contributed by atoms with van der Waals surface area (Å²) in [5, 5.41) is 4.45. The predicted octanol–water partition coefficient (Wildman–Crippen LogP) is 4.91. The number of nitrogens with zero attached hydrogens (tertiary/aromatic N) is 4. The number of amidine groups is 1. The van der Waals surface area contributed by atoms with Gasteiger partial charge in [0.05, 0.1) is 6.33 Å². The lowest BCUT2D eigenvalue weighted by Crippen LogP contribution is -2.26. The number of pyridine rings is 1. The van der Waals surface area contributed by atoms with Crippen LogP contribution in [0, 0.1) is 0 Å². The maximum Gasteiger partial charge on any atom is 0.156 e. The number of hydrogen-bond donors (Lipinski definition) is 2. The van der Waals surface area contributed by atoms with E-state index in [0.717, 1.165) is 60.9 Å². The van der Waals surface area contributed by atoms with Crippen molar-refractivity contribution in [3.63, 3.8) is 0 Å². The second kappa shape index (κ2) is 13.2. The van der Waals surface area contributed by atoms with Crippen LogP contribution in [0.5, 0.6) is 0 Å². The number of rotatable bonds is 11. The molecule has 0 bridgehead atoms. The Morgan fingerprint density at radius 1 is 1.19 bits per heavy atom. The van der Waals surface area contributed by atoms with Crippen LogP contribution >= 0.6 is 27.7 Å².